The summed E-state index contributed by atoms with van der Waals surface area (Å²) in [4.78, 5) is 0. The quantitative estimate of drug-likeness (QED) is 0.837. The number of anilines is 1. The van der Waals surface area contributed by atoms with Crippen molar-refractivity contribution >= 4 is 17.3 Å². The zero-order chi connectivity index (χ0) is 13.7. The van der Waals surface area contributed by atoms with Crippen LogP contribution in [0.4, 0.5) is 5.69 Å². The Morgan fingerprint density at radius 3 is 2.26 bits per heavy atom. The van der Waals surface area contributed by atoms with E-state index in [1.165, 1.54) is 5.56 Å². The minimum Gasteiger partial charge on any atom is -0.494 e. The van der Waals surface area contributed by atoms with Crippen LogP contribution in [0.5, 0.6) is 5.75 Å². The number of hydrogen-bond donors (Lipinski definition) is 1. The molecule has 0 spiro atoms. The summed E-state index contributed by atoms with van der Waals surface area (Å²) in [5.74, 6) is 0.907. The molecule has 0 fully saturated rings. The van der Waals surface area contributed by atoms with Crippen LogP contribution in [0.25, 0.3) is 0 Å². The monoisotopic (exact) mass is 275 g/mol. The molecule has 0 radical (unpaired) electrons. The van der Waals surface area contributed by atoms with Crippen molar-refractivity contribution in [1.29, 1.82) is 0 Å². The molecule has 0 aliphatic carbocycles. The van der Waals surface area contributed by atoms with Gasteiger partial charge in [0.1, 0.15) is 5.75 Å². The zero-order valence-corrected chi connectivity index (χ0v) is 11.9. The summed E-state index contributed by atoms with van der Waals surface area (Å²) in [6.45, 7) is 4.81. The van der Waals surface area contributed by atoms with Crippen molar-refractivity contribution in [3.63, 3.8) is 0 Å². The Bertz CT molecular complexity index is 507. The van der Waals surface area contributed by atoms with E-state index < -0.39 is 0 Å². The molecule has 0 saturated carbocycles. The van der Waals surface area contributed by atoms with Crippen LogP contribution in [0, 0.1) is 0 Å². The molecule has 2 nitrogen and oxygen atoms in total. The second-order valence-corrected chi connectivity index (χ2v) is 4.81. The average Bonchev–Trinajstić information content (AvgIpc) is 2.42. The van der Waals surface area contributed by atoms with Gasteiger partial charge in [-0.05, 0) is 55.8 Å². The smallest absolute Gasteiger partial charge is 0.119 e. The number of benzene rings is 2. The molecular weight excluding hydrogens is 258 g/mol. The molecule has 0 heterocycles. The number of halogens is 1. The first-order valence-corrected chi connectivity index (χ1v) is 6.81. The van der Waals surface area contributed by atoms with Crippen LogP contribution in [0.3, 0.4) is 0 Å². The van der Waals surface area contributed by atoms with Gasteiger partial charge >= 0.3 is 0 Å². The molecule has 0 saturated heterocycles. The molecule has 3 heteroatoms. The third kappa shape index (κ3) is 3.90. The Hall–Kier alpha value is -1.67. The van der Waals surface area contributed by atoms with Crippen LogP contribution >= 0.6 is 11.6 Å². The fourth-order valence-corrected chi connectivity index (χ4v) is 2.02. The van der Waals surface area contributed by atoms with Crippen molar-refractivity contribution in [1.82, 2.24) is 0 Å². The van der Waals surface area contributed by atoms with Crippen LogP contribution in [-0.4, -0.2) is 6.61 Å². The number of hydrogen-bond acceptors (Lipinski definition) is 2. The average molecular weight is 276 g/mol. The van der Waals surface area contributed by atoms with Gasteiger partial charge in [-0.3, -0.25) is 0 Å². The molecule has 19 heavy (non-hydrogen) atoms. The standard InChI is InChI=1S/C16H18ClNO/c1-3-19-16-10-4-13(5-11-16)12(2)18-15-8-6-14(17)7-9-15/h4-12,18H,3H2,1-2H3. The molecule has 0 aromatic heterocycles. The molecule has 1 unspecified atom stereocenters. The number of nitrogens with one attached hydrogen (secondary N) is 1. The molecule has 0 aliphatic heterocycles. The van der Waals surface area contributed by atoms with Gasteiger partial charge in [0.25, 0.3) is 0 Å². The third-order valence-corrected chi connectivity index (χ3v) is 3.17. The van der Waals surface area contributed by atoms with E-state index in [1.54, 1.807) is 0 Å². The molecule has 1 N–H and O–H groups in total. The van der Waals surface area contributed by atoms with E-state index in [0.717, 1.165) is 16.5 Å². The van der Waals surface area contributed by atoms with Crippen molar-refractivity contribution in [3.8, 4) is 5.75 Å². The largest absolute Gasteiger partial charge is 0.494 e. The Balaban J connectivity index is 2.02. The SMILES string of the molecule is CCOc1ccc(C(C)Nc2ccc(Cl)cc2)cc1. The summed E-state index contributed by atoms with van der Waals surface area (Å²) in [6, 6.07) is 16.1. The first-order chi connectivity index (χ1) is 9.19. The highest BCUT2D eigenvalue weighted by molar-refractivity contribution is 6.30. The summed E-state index contributed by atoms with van der Waals surface area (Å²) in [5, 5.41) is 4.19. The Morgan fingerprint density at radius 1 is 1.05 bits per heavy atom. The lowest BCUT2D eigenvalue weighted by atomic mass is 10.1. The number of ether oxygens (including phenoxy) is 1. The van der Waals surface area contributed by atoms with Crippen LogP contribution in [0.1, 0.15) is 25.5 Å². The van der Waals surface area contributed by atoms with Crippen LogP contribution < -0.4 is 10.1 Å². The highest BCUT2D eigenvalue weighted by atomic mass is 35.5. The maximum absolute atomic E-state index is 5.87. The molecule has 0 amide bonds. The normalized spacial score (nSPS) is 11.9. The summed E-state index contributed by atoms with van der Waals surface area (Å²) in [5.41, 5.74) is 2.28. The fraction of sp³-hybridized carbons (Fsp3) is 0.250. The van der Waals surface area contributed by atoms with E-state index in [1.807, 2.05) is 43.3 Å². The second-order valence-electron chi connectivity index (χ2n) is 4.37. The van der Waals surface area contributed by atoms with Crippen molar-refractivity contribution < 1.29 is 4.74 Å². The van der Waals surface area contributed by atoms with Crippen molar-refractivity contribution in [2.75, 3.05) is 11.9 Å². The predicted molar refractivity (Wildman–Crippen MR) is 81.1 cm³/mol. The molecular formula is C16H18ClNO. The van der Waals surface area contributed by atoms with E-state index in [0.29, 0.717) is 6.61 Å². The van der Waals surface area contributed by atoms with E-state index in [9.17, 15) is 0 Å². The van der Waals surface area contributed by atoms with E-state index >= 15 is 0 Å². The van der Waals surface area contributed by atoms with Gasteiger partial charge in [0.2, 0.25) is 0 Å². The maximum atomic E-state index is 5.87. The van der Waals surface area contributed by atoms with Gasteiger partial charge in [-0.1, -0.05) is 23.7 Å². The molecule has 0 aliphatic rings. The van der Waals surface area contributed by atoms with Crippen molar-refractivity contribution in [3.05, 3.63) is 59.1 Å². The first-order valence-electron chi connectivity index (χ1n) is 6.44. The highest BCUT2D eigenvalue weighted by Crippen LogP contribution is 2.22. The summed E-state index contributed by atoms with van der Waals surface area (Å²) >= 11 is 5.87. The van der Waals surface area contributed by atoms with Crippen LogP contribution in [0.2, 0.25) is 5.02 Å². The molecule has 1 atom stereocenters. The summed E-state index contributed by atoms with van der Waals surface area (Å²) in [7, 11) is 0. The minimum atomic E-state index is 0.233. The first kappa shape index (κ1) is 13.8. The van der Waals surface area contributed by atoms with E-state index in [2.05, 4.69) is 24.4 Å². The minimum absolute atomic E-state index is 0.233. The topological polar surface area (TPSA) is 21.3 Å². The van der Waals surface area contributed by atoms with Gasteiger partial charge in [-0.15, -0.1) is 0 Å². The van der Waals surface area contributed by atoms with E-state index in [4.69, 9.17) is 16.3 Å². The third-order valence-electron chi connectivity index (χ3n) is 2.92. The lowest BCUT2D eigenvalue weighted by molar-refractivity contribution is 0.340. The van der Waals surface area contributed by atoms with Gasteiger partial charge in [-0.25, -0.2) is 0 Å². The van der Waals surface area contributed by atoms with Crippen LogP contribution in [0.15, 0.2) is 48.5 Å². The summed E-state index contributed by atoms with van der Waals surface area (Å²) < 4.78 is 5.44. The Morgan fingerprint density at radius 2 is 1.68 bits per heavy atom. The maximum Gasteiger partial charge on any atom is 0.119 e. The Kier molecular flexibility index (Phi) is 4.69. The van der Waals surface area contributed by atoms with Gasteiger partial charge in [0, 0.05) is 16.8 Å². The van der Waals surface area contributed by atoms with Gasteiger partial charge in [0.05, 0.1) is 6.61 Å². The molecule has 100 valence electrons. The van der Waals surface area contributed by atoms with Gasteiger partial charge < -0.3 is 10.1 Å². The van der Waals surface area contributed by atoms with E-state index in [-0.39, 0.29) is 6.04 Å². The van der Waals surface area contributed by atoms with Crippen LogP contribution in [-0.2, 0) is 0 Å². The zero-order valence-electron chi connectivity index (χ0n) is 11.2. The Labute approximate surface area is 119 Å². The van der Waals surface area contributed by atoms with Crippen molar-refractivity contribution in [2.24, 2.45) is 0 Å². The van der Waals surface area contributed by atoms with Gasteiger partial charge in [0.15, 0.2) is 0 Å². The van der Waals surface area contributed by atoms with Crippen molar-refractivity contribution in [2.45, 2.75) is 19.9 Å². The molecule has 2 aromatic rings. The summed E-state index contributed by atoms with van der Waals surface area (Å²) in [6.07, 6.45) is 0. The highest BCUT2D eigenvalue weighted by Gasteiger charge is 2.05. The molecule has 2 rings (SSSR count). The fourth-order valence-electron chi connectivity index (χ4n) is 1.90. The molecule has 0 bridgehead atoms. The lowest BCUT2D eigenvalue weighted by Gasteiger charge is -2.16. The molecule has 2 aromatic carbocycles. The lowest BCUT2D eigenvalue weighted by Crippen LogP contribution is -2.06. The van der Waals surface area contributed by atoms with Gasteiger partial charge in [-0.2, -0.15) is 0 Å². The second kappa shape index (κ2) is 6.48. The predicted octanol–water partition coefficient (Wildman–Crippen LogP) is 4.91. The number of rotatable bonds is 5.